The molecule has 9 nitrogen and oxygen atoms in total. The van der Waals surface area contributed by atoms with Crippen molar-refractivity contribution in [2.75, 3.05) is 13.2 Å². The fourth-order valence-corrected chi connectivity index (χ4v) is 8.66. The molecular weight excluding hydrogens is 911 g/mol. The van der Waals surface area contributed by atoms with Crippen molar-refractivity contribution in [1.29, 1.82) is 0 Å². The molecule has 418 valence electrons. The Bertz CT molecular complexity index is 1510. The third-order valence-corrected chi connectivity index (χ3v) is 13.3. The maximum atomic E-state index is 13.1. The van der Waals surface area contributed by atoms with Crippen LogP contribution in [0.5, 0.6) is 0 Å². The molecule has 7 unspecified atom stereocenters. The molecule has 0 saturated carbocycles. The Labute approximate surface area is 446 Å². The van der Waals surface area contributed by atoms with Gasteiger partial charge in [0.05, 0.1) is 25.4 Å². The monoisotopic (exact) mass is 1020 g/mol. The Balaban J connectivity index is 2.26. The van der Waals surface area contributed by atoms with Crippen LogP contribution in [0.25, 0.3) is 0 Å². The fraction of sp³-hybridized carbons (Fsp3) is 0.703. The largest absolute Gasteiger partial charge is 0.394 e. The van der Waals surface area contributed by atoms with Gasteiger partial charge < -0.3 is 40.3 Å². The molecule has 9 heteroatoms. The van der Waals surface area contributed by atoms with E-state index in [1.165, 1.54) is 109 Å². The van der Waals surface area contributed by atoms with Crippen LogP contribution in [0.3, 0.4) is 0 Å². The Morgan fingerprint density at radius 3 is 1.32 bits per heavy atom. The second kappa shape index (κ2) is 52.3. The van der Waals surface area contributed by atoms with E-state index in [-0.39, 0.29) is 12.5 Å². The van der Waals surface area contributed by atoms with Crippen LogP contribution >= 0.6 is 0 Å². The highest BCUT2D eigenvalue weighted by atomic mass is 16.7. The maximum absolute atomic E-state index is 13.1. The second-order valence-corrected chi connectivity index (χ2v) is 20.0. The topological polar surface area (TPSA) is 149 Å². The molecule has 0 bridgehead atoms. The van der Waals surface area contributed by atoms with Crippen molar-refractivity contribution in [2.24, 2.45) is 0 Å². The lowest BCUT2D eigenvalue weighted by Crippen LogP contribution is -2.60. The molecule has 6 N–H and O–H groups in total. The summed E-state index contributed by atoms with van der Waals surface area (Å²) < 4.78 is 11.3. The van der Waals surface area contributed by atoms with Gasteiger partial charge in [-0.3, -0.25) is 4.79 Å². The average molecular weight is 1020 g/mol. The quantitative estimate of drug-likeness (QED) is 0.0261. The highest BCUT2D eigenvalue weighted by Gasteiger charge is 2.44. The molecule has 1 heterocycles. The zero-order valence-corrected chi connectivity index (χ0v) is 46.4. The van der Waals surface area contributed by atoms with Crippen LogP contribution in [-0.4, -0.2) is 87.5 Å². The number of nitrogens with one attached hydrogen (secondary N) is 1. The van der Waals surface area contributed by atoms with Gasteiger partial charge >= 0.3 is 0 Å². The average Bonchev–Trinajstić information content (AvgIpc) is 3.39. The van der Waals surface area contributed by atoms with Gasteiger partial charge in [0.2, 0.25) is 5.91 Å². The summed E-state index contributed by atoms with van der Waals surface area (Å²) >= 11 is 0. The van der Waals surface area contributed by atoms with Gasteiger partial charge in [-0.15, -0.1) is 0 Å². The fourth-order valence-electron chi connectivity index (χ4n) is 8.66. The molecule has 0 aromatic rings. The Morgan fingerprint density at radius 1 is 0.479 bits per heavy atom. The molecule has 1 rings (SSSR count). The first-order chi connectivity index (χ1) is 35.8. The van der Waals surface area contributed by atoms with Gasteiger partial charge in [-0.1, -0.05) is 239 Å². The van der Waals surface area contributed by atoms with Crippen molar-refractivity contribution in [1.82, 2.24) is 5.32 Å². The minimum atomic E-state index is -1.58. The van der Waals surface area contributed by atoms with Crippen molar-refractivity contribution in [3.8, 4) is 0 Å². The third kappa shape index (κ3) is 41.7. The van der Waals surface area contributed by atoms with Gasteiger partial charge in [0.15, 0.2) is 6.29 Å². The van der Waals surface area contributed by atoms with Crippen LogP contribution in [0.1, 0.15) is 232 Å². The zero-order valence-electron chi connectivity index (χ0n) is 46.4. The summed E-state index contributed by atoms with van der Waals surface area (Å²) in [5.74, 6) is -0.199. The number of hydrogen-bond donors (Lipinski definition) is 6. The van der Waals surface area contributed by atoms with E-state index in [1.807, 2.05) is 6.08 Å². The van der Waals surface area contributed by atoms with Crippen LogP contribution in [0, 0.1) is 0 Å². The SMILES string of the molecule is CC/C=C\C/C=C\C/C=C\C/C=C\C/C=C\C/C=C\CCCCCCCCCCCCC(=O)NC(COC1OC(CO)C(O)C(O)C1O)C(O)/C=C/CC/C=C/CC/C=C/CCCCCCCCCCCCC. The van der Waals surface area contributed by atoms with Crippen LogP contribution < -0.4 is 5.32 Å². The van der Waals surface area contributed by atoms with E-state index in [9.17, 15) is 30.3 Å². The predicted octanol–water partition coefficient (Wildman–Crippen LogP) is 15.0. The summed E-state index contributed by atoms with van der Waals surface area (Å²) in [5, 5.41) is 54.5. The van der Waals surface area contributed by atoms with Crippen molar-refractivity contribution in [2.45, 2.75) is 275 Å². The molecule has 0 spiro atoms. The van der Waals surface area contributed by atoms with E-state index in [4.69, 9.17) is 9.47 Å². The third-order valence-electron chi connectivity index (χ3n) is 13.3. The molecular formula is C64H109NO8. The molecule has 1 amide bonds. The first-order valence-corrected chi connectivity index (χ1v) is 29.6. The normalized spacial score (nSPS) is 19.9. The highest BCUT2D eigenvalue weighted by Crippen LogP contribution is 2.23. The number of aliphatic hydroxyl groups excluding tert-OH is 5. The number of aliphatic hydroxyl groups is 5. The summed E-state index contributed by atoms with van der Waals surface area (Å²) in [4.78, 5) is 13.1. The Hall–Kier alpha value is -3.15. The number of hydrogen-bond acceptors (Lipinski definition) is 8. The van der Waals surface area contributed by atoms with Crippen LogP contribution in [-0.2, 0) is 14.3 Å². The number of rotatable bonds is 49. The van der Waals surface area contributed by atoms with E-state index < -0.39 is 49.5 Å². The van der Waals surface area contributed by atoms with Crippen LogP contribution in [0.2, 0.25) is 0 Å². The van der Waals surface area contributed by atoms with Gasteiger partial charge in [-0.2, -0.15) is 0 Å². The van der Waals surface area contributed by atoms with E-state index in [1.54, 1.807) is 6.08 Å². The summed E-state index contributed by atoms with van der Waals surface area (Å²) in [7, 11) is 0. The summed E-state index contributed by atoms with van der Waals surface area (Å²) in [6.07, 6.45) is 70.1. The Kier molecular flexibility index (Phi) is 48.6. The van der Waals surface area contributed by atoms with Crippen molar-refractivity contribution in [3.05, 3.63) is 109 Å². The first kappa shape index (κ1) is 67.9. The molecule has 0 radical (unpaired) electrons. The van der Waals surface area contributed by atoms with Crippen molar-refractivity contribution < 1.29 is 39.8 Å². The number of ether oxygens (including phenoxy) is 2. The zero-order chi connectivity index (χ0) is 52.9. The number of allylic oxidation sites excluding steroid dienone is 17. The van der Waals surface area contributed by atoms with E-state index in [0.717, 1.165) is 103 Å². The first-order valence-electron chi connectivity index (χ1n) is 29.6. The van der Waals surface area contributed by atoms with Gasteiger partial charge in [0, 0.05) is 6.42 Å². The second-order valence-electron chi connectivity index (χ2n) is 20.0. The van der Waals surface area contributed by atoms with Gasteiger partial charge in [0.25, 0.3) is 0 Å². The highest BCUT2D eigenvalue weighted by molar-refractivity contribution is 5.76. The lowest BCUT2D eigenvalue weighted by atomic mass is 9.99. The van der Waals surface area contributed by atoms with Gasteiger partial charge in [0.1, 0.15) is 24.4 Å². The molecule has 0 aromatic heterocycles. The van der Waals surface area contributed by atoms with E-state index >= 15 is 0 Å². The smallest absolute Gasteiger partial charge is 0.220 e. The summed E-state index contributed by atoms with van der Waals surface area (Å²) in [6.45, 7) is 3.64. The van der Waals surface area contributed by atoms with Crippen molar-refractivity contribution in [3.63, 3.8) is 0 Å². The maximum Gasteiger partial charge on any atom is 0.220 e. The summed E-state index contributed by atoms with van der Waals surface area (Å²) in [6, 6.07) is -0.839. The lowest BCUT2D eigenvalue weighted by molar-refractivity contribution is -0.302. The van der Waals surface area contributed by atoms with E-state index in [2.05, 4.69) is 116 Å². The molecule has 7 atom stereocenters. The summed E-state index contributed by atoms with van der Waals surface area (Å²) in [5.41, 5.74) is 0. The molecule has 1 aliphatic heterocycles. The number of carbonyl (C=O) groups is 1. The standard InChI is InChI=1S/C64H109NO8/c1-3-5-7-9-11-13-15-17-19-21-23-25-26-27-28-29-30-31-32-34-36-38-40-42-44-46-48-50-52-54-60(68)65-57(56-72-64-63(71)62(70)61(69)59(55-66)73-64)58(67)53-51-49-47-45-43-41-39-37-35-33-24-22-20-18-16-14-12-10-8-6-4-2/h5,7,11,13,17,19,23,25,27-28,30-31,35,37,43,45,51,53,57-59,61-64,66-67,69-71H,3-4,6,8-10,12,14-16,18,20-22,24,26,29,32-34,36,38-42,44,46-50,52,54-56H2,1-2H3,(H,65,68)/b7-5-,13-11-,19-17-,25-23-,28-27-,31-30-,37-35+,45-43+,53-51+. The number of unbranched alkanes of at least 4 members (excludes halogenated alkanes) is 23. The van der Waals surface area contributed by atoms with Crippen LogP contribution in [0.15, 0.2) is 109 Å². The predicted molar refractivity (Wildman–Crippen MR) is 308 cm³/mol. The minimum absolute atomic E-state index is 0.199. The van der Waals surface area contributed by atoms with Crippen molar-refractivity contribution >= 4 is 5.91 Å². The molecule has 1 fully saturated rings. The molecule has 1 aliphatic rings. The Morgan fingerprint density at radius 2 is 0.863 bits per heavy atom. The number of carbonyl (C=O) groups excluding carboxylic acids is 1. The molecule has 73 heavy (non-hydrogen) atoms. The minimum Gasteiger partial charge on any atom is -0.394 e. The lowest BCUT2D eigenvalue weighted by Gasteiger charge is -2.40. The van der Waals surface area contributed by atoms with Gasteiger partial charge in [-0.25, -0.2) is 0 Å². The van der Waals surface area contributed by atoms with Crippen LogP contribution in [0.4, 0.5) is 0 Å². The number of amides is 1. The molecule has 0 aliphatic carbocycles. The van der Waals surface area contributed by atoms with E-state index in [0.29, 0.717) is 6.42 Å². The van der Waals surface area contributed by atoms with Gasteiger partial charge in [-0.05, 0) is 96.3 Å². The molecule has 0 aromatic carbocycles. The molecule has 1 saturated heterocycles.